The van der Waals surface area contributed by atoms with Crippen LogP contribution in [0.4, 0.5) is 0 Å². The maximum Gasteiger partial charge on any atom is 0.0902 e. The molecule has 0 bridgehead atoms. The first-order valence-corrected chi connectivity index (χ1v) is 8.34. The minimum atomic E-state index is 0.188. The molecule has 3 nitrogen and oxygen atoms in total. The normalized spacial score (nSPS) is 15.2. The first-order valence-electron chi connectivity index (χ1n) is 7.96. The van der Waals surface area contributed by atoms with Crippen molar-refractivity contribution in [2.75, 3.05) is 19.8 Å². The first-order chi connectivity index (χ1) is 11.3. The molecule has 4 heteroatoms. The molecule has 0 radical (unpaired) electrons. The standard InChI is InChI=1S/C19H22ClN3/c20-18-9-7-17(8-10-18)19(16-5-2-1-3-6-16)23-14-13-22(15-23)12-4-11-21/h1-3,5-10,13-14,19H,4,11-12,15,21H2. The number of rotatable bonds is 6. The van der Waals surface area contributed by atoms with Gasteiger partial charge >= 0.3 is 0 Å². The summed E-state index contributed by atoms with van der Waals surface area (Å²) in [5, 5.41) is 0.766. The molecule has 3 rings (SSSR count). The molecular formula is C19H22ClN3. The van der Waals surface area contributed by atoms with Crippen LogP contribution in [0.3, 0.4) is 0 Å². The topological polar surface area (TPSA) is 32.5 Å². The van der Waals surface area contributed by atoms with Crippen molar-refractivity contribution in [3.8, 4) is 0 Å². The van der Waals surface area contributed by atoms with Crippen LogP contribution in [0.5, 0.6) is 0 Å². The second-order valence-electron chi connectivity index (χ2n) is 5.77. The van der Waals surface area contributed by atoms with Gasteiger partial charge in [-0.05, 0) is 36.2 Å². The van der Waals surface area contributed by atoms with E-state index in [4.69, 9.17) is 17.3 Å². The van der Waals surface area contributed by atoms with Gasteiger partial charge < -0.3 is 15.5 Å². The Hall–Kier alpha value is -1.97. The van der Waals surface area contributed by atoms with E-state index >= 15 is 0 Å². The van der Waals surface area contributed by atoms with E-state index in [1.807, 2.05) is 12.1 Å². The Morgan fingerprint density at radius 3 is 2.35 bits per heavy atom. The van der Waals surface area contributed by atoms with Crippen LogP contribution in [-0.2, 0) is 0 Å². The van der Waals surface area contributed by atoms with Crippen molar-refractivity contribution in [2.24, 2.45) is 5.73 Å². The van der Waals surface area contributed by atoms with Crippen molar-refractivity contribution in [3.63, 3.8) is 0 Å². The van der Waals surface area contributed by atoms with E-state index in [2.05, 4.69) is 64.7 Å². The highest BCUT2D eigenvalue weighted by molar-refractivity contribution is 6.30. The number of hydrogen-bond acceptors (Lipinski definition) is 3. The van der Waals surface area contributed by atoms with Gasteiger partial charge in [-0.1, -0.05) is 54.1 Å². The number of nitrogens with zero attached hydrogens (tertiary/aromatic N) is 2. The summed E-state index contributed by atoms with van der Waals surface area (Å²) in [6.45, 7) is 2.59. The molecule has 0 spiro atoms. The molecular weight excluding hydrogens is 306 g/mol. The first kappa shape index (κ1) is 15.9. The Balaban J connectivity index is 1.85. The third kappa shape index (κ3) is 3.87. The van der Waals surface area contributed by atoms with Crippen LogP contribution in [0.25, 0.3) is 0 Å². The van der Waals surface area contributed by atoms with Crippen molar-refractivity contribution >= 4 is 11.6 Å². The Kier molecular flexibility index (Phi) is 5.21. The predicted molar refractivity (Wildman–Crippen MR) is 96.0 cm³/mol. The van der Waals surface area contributed by atoms with Gasteiger partial charge in [0.2, 0.25) is 0 Å². The second-order valence-corrected chi connectivity index (χ2v) is 6.21. The molecule has 1 aliphatic heterocycles. The molecule has 2 aromatic carbocycles. The Bertz CT molecular complexity index is 639. The van der Waals surface area contributed by atoms with Crippen LogP contribution in [0.15, 0.2) is 67.0 Å². The summed E-state index contributed by atoms with van der Waals surface area (Å²) in [6, 6.07) is 18.9. The molecule has 0 saturated carbocycles. The number of halogens is 1. The fraction of sp³-hybridized carbons (Fsp3) is 0.263. The number of hydrogen-bond donors (Lipinski definition) is 1. The van der Waals surface area contributed by atoms with E-state index in [1.54, 1.807) is 0 Å². The minimum Gasteiger partial charge on any atom is -0.359 e. The minimum absolute atomic E-state index is 0.188. The molecule has 0 fully saturated rings. The van der Waals surface area contributed by atoms with Gasteiger partial charge in [0.15, 0.2) is 0 Å². The molecule has 2 N–H and O–H groups in total. The molecule has 1 aliphatic rings. The largest absolute Gasteiger partial charge is 0.359 e. The summed E-state index contributed by atoms with van der Waals surface area (Å²) >= 11 is 6.05. The van der Waals surface area contributed by atoms with Crippen LogP contribution in [0.2, 0.25) is 5.02 Å². The van der Waals surface area contributed by atoms with Crippen LogP contribution in [0, 0.1) is 0 Å². The van der Waals surface area contributed by atoms with E-state index < -0.39 is 0 Å². The Labute approximate surface area is 143 Å². The highest BCUT2D eigenvalue weighted by Crippen LogP contribution is 2.31. The van der Waals surface area contributed by atoms with Gasteiger partial charge in [-0.25, -0.2) is 0 Å². The molecule has 1 unspecified atom stereocenters. The summed E-state index contributed by atoms with van der Waals surface area (Å²) in [5.41, 5.74) is 8.14. The quantitative estimate of drug-likeness (QED) is 0.875. The average molecular weight is 328 g/mol. The maximum atomic E-state index is 6.05. The zero-order valence-corrected chi connectivity index (χ0v) is 13.9. The molecule has 1 heterocycles. The lowest BCUT2D eigenvalue weighted by atomic mass is 9.98. The molecule has 0 aromatic heterocycles. The van der Waals surface area contributed by atoms with Gasteiger partial charge in [-0.2, -0.15) is 0 Å². The number of benzene rings is 2. The summed E-state index contributed by atoms with van der Waals surface area (Å²) in [7, 11) is 0. The van der Waals surface area contributed by atoms with Crippen LogP contribution < -0.4 is 5.73 Å². The van der Waals surface area contributed by atoms with Crippen molar-refractivity contribution in [2.45, 2.75) is 12.5 Å². The monoisotopic (exact) mass is 327 g/mol. The number of nitrogens with two attached hydrogens (primary N) is 1. The predicted octanol–water partition coefficient (Wildman–Crippen LogP) is 3.82. The lowest BCUT2D eigenvalue weighted by Gasteiger charge is -2.30. The summed E-state index contributed by atoms with van der Waals surface area (Å²) in [5.74, 6) is 0. The van der Waals surface area contributed by atoms with Crippen LogP contribution in [0.1, 0.15) is 23.6 Å². The van der Waals surface area contributed by atoms with Gasteiger partial charge in [-0.3, -0.25) is 0 Å². The van der Waals surface area contributed by atoms with Crippen molar-refractivity contribution in [1.82, 2.24) is 9.80 Å². The molecule has 120 valence electrons. The summed E-state index contributed by atoms with van der Waals surface area (Å²) in [4.78, 5) is 4.66. The summed E-state index contributed by atoms with van der Waals surface area (Å²) < 4.78 is 0. The van der Waals surface area contributed by atoms with Crippen molar-refractivity contribution in [3.05, 3.63) is 83.1 Å². The SMILES string of the molecule is NCCCN1C=CN(C(c2ccccc2)c2ccc(Cl)cc2)C1. The highest BCUT2D eigenvalue weighted by atomic mass is 35.5. The zero-order valence-electron chi connectivity index (χ0n) is 13.1. The lowest BCUT2D eigenvalue weighted by molar-refractivity contribution is 0.232. The highest BCUT2D eigenvalue weighted by Gasteiger charge is 2.24. The molecule has 0 aliphatic carbocycles. The van der Waals surface area contributed by atoms with Gasteiger partial charge in [0.1, 0.15) is 0 Å². The molecule has 23 heavy (non-hydrogen) atoms. The lowest BCUT2D eigenvalue weighted by Crippen LogP contribution is -2.30. The fourth-order valence-electron chi connectivity index (χ4n) is 2.95. The van der Waals surface area contributed by atoms with E-state index in [9.17, 15) is 0 Å². The van der Waals surface area contributed by atoms with Gasteiger partial charge in [0, 0.05) is 24.0 Å². The zero-order chi connectivity index (χ0) is 16.1. The Morgan fingerprint density at radius 2 is 1.65 bits per heavy atom. The van der Waals surface area contributed by atoms with Crippen LogP contribution in [-0.4, -0.2) is 29.6 Å². The fourth-order valence-corrected chi connectivity index (χ4v) is 3.07. The van der Waals surface area contributed by atoms with E-state index in [1.165, 1.54) is 11.1 Å². The maximum absolute atomic E-state index is 6.05. The van der Waals surface area contributed by atoms with E-state index in [-0.39, 0.29) is 6.04 Å². The van der Waals surface area contributed by atoms with E-state index in [0.29, 0.717) is 0 Å². The van der Waals surface area contributed by atoms with Gasteiger partial charge in [-0.15, -0.1) is 0 Å². The second kappa shape index (κ2) is 7.53. The molecule has 2 aromatic rings. The molecule has 0 saturated heterocycles. The smallest absolute Gasteiger partial charge is 0.0902 e. The average Bonchev–Trinajstić information content (AvgIpc) is 3.04. The summed E-state index contributed by atoms with van der Waals surface area (Å²) in [6.07, 6.45) is 5.33. The third-order valence-corrected chi connectivity index (χ3v) is 4.35. The molecule has 0 amide bonds. The van der Waals surface area contributed by atoms with Crippen molar-refractivity contribution in [1.29, 1.82) is 0 Å². The van der Waals surface area contributed by atoms with E-state index in [0.717, 1.165) is 31.2 Å². The van der Waals surface area contributed by atoms with Gasteiger partial charge in [0.25, 0.3) is 0 Å². The Morgan fingerprint density at radius 1 is 0.957 bits per heavy atom. The van der Waals surface area contributed by atoms with Gasteiger partial charge in [0.05, 0.1) is 12.7 Å². The molecule has 1 atom stereocenters. The van der Waals surface area contributed by atoms with Crippen molar-refractivity contribution < 1.29 is 0 Å². The third-order valence-electron chi connectivity index (χ3n) is 4.10. The van der Waals surface area contributed by atoms with Crippen LogP contribution >= 0.6 is 11.6 Å².